The molecule has 2 aromatic heterocycles. The van der Waals surface area contributed by atoms with Gasteiger partial charge in [-0.25, -0.2) is 40.6 Å². The Hall–Kier alpha value is -5.08. The lowest BCUT2D eigenvalue weighted by atomic mass is 9.99. The quantitative estimate of drug-likeness (QED) is 0.0817. The number of anilines is 1. The number of fused-ring (bicyclic) bond motifs is 4. The van der Waals surface area contributed by atoms with E-state index in [0.29, 0.717) is 11.4 Å². The van der Waals surface area contributed by atoms with Crippen LogP contribution in [-0.2, 0) is 84.5 Å². The SMILES string of the molecule is CC(C)n1nc(S(=O)(=O)NC(=O)Nc2c3c(cc4c2CCC4)CCC3)cc1CN(C)CC(F)F.CC(C)n1nc(S(N)(=O)=O)cc1CN(C)CC(F)F.N#COc1c2c(cc3c1CCC3)CCC2. The van der Waals surface area contributed by atoms with E-state index < -0.39 is 52.0 Å². The van der Waals surface area contributed by atoms with Gasteiger partial charge < -0.3 is 10.1 Å². The number of carbonyl (C=O) groups is 1. The maximum Gasteiger partial charge on any atom is 0.333 e. The number of sulfonamides is 2. The molecular formula is C46H62F4N10O6S2. The number of aromatic nitrogens is 4. The second-order valence-corrected chi connectivity index (χ2v) is 21.6. The number of carbonyl (C=O) groups excluding carboxylic acids is 1. The van der Waals surface area contributed by atoms with Crippen molar-refractivity contribution in [3.63, 3.8) is 0 Å². The van der Waals surface area contributed by atoms with E-state index >= 15 is 0 Å². The van der Waals surface area contributed by atoms with E-state index in [9.17, 15) is 39.2 Å². The smallest absolute Gasteiger partial charge is 0.333 e. The minimum Gasteiger partial charge on any atom is -0.387 e. The molecule has 0 atom stereocenters. The van der Waals surface area contributed by atoms with E-state index in [1.807, 2.05) is 34.0 Å². The third-order valence-electron chi connectivity index (χ3n) is 12.4. The molecule has 0 spiro atoms. The first kappa shape index (κ1) is 52.3. The molecule has 68 heavy (non-hydrogen) atoms. The predicted molar refractivity (Wildman–Crippen MR) is 248 cm³/mol. The number of urea groups is 1. The second-order valence-electron chi connectivity index (χ2n) is 18.4. The zero-order chi connectivity index (χ0) is 49.7. The highest BCUT2D eigenvalue weighted by Gasteiger charge is 2.29. The largest absolute Gasteiger partial charge is 0.387 e. The van der Waals surface area contributed by atoms with Crippen molar-refractivity contribution in [1.82, 2.24) is 34.1 Å². The summed E-state index contributed by atoms with van der Waals surface area (Å²) in [7, 11) is -5.10. The Morgan fingerprint density at radius 3 is 1.50 bits per heavy atom. The normalized spacial score (nSPS) is 15.0. The van der Waals surface area contributed by atoms with Gasteiger partial charge in [0.25, 0.3) is 39.2 Å². The number of nitriles is 1. The molecule has 4 aliphatic rings. The molecule has 0 bridgehead atoms. The average Bonchev–Trinajstić information content (AvgIpc) is 4.08. The van der Waals surface area contributed by atoms with E-state index in [1.165, 1.54) is 91.6 Å². The van der Waals surface area contributed by atoms with Gasteiger partial charge in [-0.15, -0.1) is 5.26 Å². The summed E-state index contributed by atoms with van der Waals surface area (Å²) in [5.74, 6) is 0.903. The van der Waals surface area contributed by atoms with Crippen molar-refractivity contribution in [2.24, 2.45) is 5.14 Å². The molecule has 0 aliphatic heterocycles. The van der Waals surface area contributed by atoms with Crippen molar-refractivity contribution in [1.29, 1.82) is 5.26 Å². The highest BCUT2D eigenvalue weighted by molar-refractivity contribution is 7.90. The van der Waals surface area contributed by atoms with Gasteiger partial charge in [0, 0.05) is 43.0 Å². The summed E-state index contributed by atoms with van der Waals surface area (Å²) in [6.45, 7) is 6.69. The second kappa shape index (κ2) is 22.1. The number of nitrogens with zero attached hydrogens (tertiary/aromatic N) is 7. The minimum atomic E-state index is -4.26. The van der Waals surface area contributed by atoms with Gasteiger partial charge in [0.1, 0.15) is 5.75 Å². The third kappa shape index (κ3) is 12.8. The number of amides is 2. The number of halogens is 4. The highest BCUT2D eigenvalue weighted by Crippen LogP contribution is 2.41. The van der Waals surface area contributed by atoms with Crippen molar-refractivity contribution in [3.8, 4) is 12.0 Å². The maximum atomic E-state index is 13.0. The molecule has 0 fully saturated rings. The van der Waals surface area contributed by atoms with Crippen LogP contribution in [0, 0.1) is 11.5 Å². The van der Waals surface area contributed by atoms with Gasteiger partial charge in [-0.05, 0) is 163 Å². The van der Waals surface area contributed by atoms with Crippen LogP contribution < -0.4 is 19.9 Å². The van der Waals surface area contributed by atoms with Gasteiger partial charge in [0.15, 0.2) is 10.1 Å². The molecule has 0 radical (unpaired) electrons. The summed E-state index contributed by atoms with van der Waals surface area (Å²) in [5.41, 5.74) is 11.8. The van der Waals surface area contributed by atoms with E-state index in [0.717, 1.165) is 86.8 Å². The third-order valence-corrected chi connectivity index (χ3v) is 14.4. The number of nitrogens with one attached hydrogen (secondary N) is 2. The molecule has 4 aromatic rings. The Labute approximate surface area is 396 Å². The number of alkyl halides is 4. The molecule has 22 heteroatoms. The Morgan fingerprint density at radius 1 is 0.706 bits per heavy atom. The van der Waals surface area contributed by atoms with Crippen molar-refractivity contribution < 1.29 is 43.9 Å². The fourth-order valence-corrected chi connectivity index (χ4v) is 11.0. The molecule has 0 saturated carbocycles. The summed E-state index contributed by atoms with van der Waals surface area (Å²) in [6.07, 6.45) is 9.47. The zero-order valence-electron chi connectivity index (χ0n) is 39.4. The summed E-state index contributed by atoms with van der Waals surface area (Å²) >= 11 is 0. The number of rotatable bonds is 15. The molecule has 372 valence electrons. The van der Waals surface area contributed by atoms with Crippen molar-refractivity contribution in [3.05, 3.63) is 80.2 Å². The standard InChI is InChI=1S/C23H31F2N5O3S.C13H13NO.C10H18F2N4O2S/c1-14(2)30-17(12-29(3)13-20(24)25)11-21(27-30)34(32,33)28-23(31)26-22-18-8-4-6-15(18)10-16-7-5-9-19(16)22;14-8-15-13-11-5-1-3-9(11)7-10-4-2-6-12(10)13;1-7(2)16-8(5-15(3)6-9(11)12)4-10(14-16)19(13,17)18/h10-11,14,20H,4-9,12-13H2,1-3H3,(H2,26,28,31);7H,1-6H2;4,7,9H,5-6H2,1-3H3,(H2,13,17,18). The molecule has 4 aliphatic carbocycles. The van der Waals surface area contributed by atoms with E-state index in [4.69, 9.17) is 15.1 Å². The molecule has 2 amide bonds. The number of primary sulfonamides is 1. The van der Waals surface area contributed by atoms with Crippen LogP contribution in [0.3, 0.4) is 0 Å². The Morgan fingerprint density at radius 2 is 1.10 bits per heavy atom. The predicted octanol–water partition coefficient (Wildman–Crippen LogP) is 6.98. The minimum absolute atomic E-state index is 0.0922. The number of benzene rings is 2. The van der Waals surface area contributed by atoms with Crippen molar-refractivity contribution in [2.75, 3.05) is 32.5 Å². The van der Waals surface area contributed by atoms with Crippen LogP contribution in [0.25, 0.3) is 0 Å². The van der Waals surface area contributed by atoms with E-state index in [-0.39, 0.29) is 35.2 Å². The molecular weight excluding hydrogens is 929 g/mol. The first-order valence-electron chi connectivity index (χ1n) is 22.9. The highest BCUT2D eigenvalue weighted by atomic mass is 32.2. The average molecular weight is 991 g/mol. The van der Waals surface area contributed by atoms with Crippen molar-refractivity contribution in [2.45, 2.75) is 153 Å². The number of hydrogen-bond acceptors (Lipinski definition) is 11. The number of hydrogen-bond donors (Lipinski definition) is 3. The molecule has 2 aromatic carbocycles. The van der Waals surface area contributed by atoms with Crippen molar-refractivity contribution >= 4 is 31.8 Å². The van der Waals surface area contributed by atoms with Crippen LogP contribution in [-0.4, -0.2) is 92.3 Å². The topological polar surface area (TPSA) is 211 Å². The van der Waals surface area contributed by atoms with Crippen LogP contribution in [0.5, 0.6) is 5.75 Å². The van der Waals surface area contributed by atoms with Gasteiger partial charge in [-0.2, -0.15) is 18.6 Å². The Bertz CT molecular complexity index is 2670. The van der Waals surface area contributed by atoms with Crippen LogP contribution >= 0.6 is 0 Å². The Balaban J connectivity index is 0.000000187. The first-order chi connectivity index (χ1) is 32.1. The number of aryl methyl sites for hydroxylation is 4. The summed E-state index contributed by atoms with van der Waals surface area (Å²) in [5, 5.41) is 24.0. The lowest BCUT2D eigenvalue weighted by molar-refractivity contribution is 0.0957. The molecule has 8 rings (SSSR count). The molecule has 2 heterocycles. The number of ether oxygens (including phenoxy) is 1. The van der Waals surface area contributed by atoms with E-state index in [1.54, 1.807) is 0 Å². The van der Waals surface area contributed by atoms with Crippen LogP contribution in [0.2, 0.25) is 0 Å². The fraction of sp³-hybridized carbons (Fsp3) is 0.565. The lowest BCUT2D eigenvalue weighted by Gasteiger charge is -2.18. The zero-order valence-corrected chi connectivity index (χ0v) is 41.1. The summed E-state index contributed by atoms with van der Waals surface area (Å²) < 4.78 is 109. The molecule has 0 unspecified atom stereocenters. The van der Waals surface area contributed by atoms with Crippen LogP contribution in [0.4, 0.5) is 28.0 Å². The maximum absolute atomic E-state index is 13.0. The van der Waals surface area contributed by atoms with Crippen LogP contribution in [0.1, 0.15) is 121 Å². The van der Waals surface area contributed by atoms with Crippen LogP contribution in [0.15, 0.2) is 34.3 Å². The molecule has 0 saturated heterocycles. The van der Waals surface area contributed by atoms with Gasteiger partial charge in [0.2, 0.25) is 0 Å². The van der Waals surface area contributed by atoms with Gasteiger partial charge >= 0.3 is 6.03 Å². The molecule has 4 N–H and O–H groups in total. The number of nitrogens with two attached hydrogens (primary N) is 1. The van der Waals surface area contributed by atoms with Gasteiger partial charge in [-0.1, -0.05) is 12.1 Å². The summed E-state index contributed by atoms with van der Waals surface area (Å²) in [4.78, 5) is 15.6. The lowest BCUT2D eigenvalue weighted by Crippen LogP contribution is -2.35. The molecule has 16 nitrogen and oxygen atoms in total. The Kier molecular flexibility index (Phi) is 17.0. The first-order valence-corrected chi connectivity index (χ1v) is 25.9. The monoisotopic (exact) mass is 990 g/mol. The van der Waals surface area contributed by atoms with Gasteiger partial charge in [-0.3, -0.25) is 19.2 Å². The fourth-order valence-electron chi connectivity index (χ4n) is 9.58. The summed E-state index contributed by atoms with van der Waals surface area (Å²) in [6, 6.07) is 6.11. The van der Waals surface area contributed by atoms with Gasteiger partial charge in [0.05, 0.1) is 24.5 Å². The van der Waals surface area contributed by atoms with E-state index in [2.05, 4.69) is 32.4 Å².